The topological polar surface area (TPSA) is 77.5 Å². The molecule has 7 nitrogen and oxygen atoms in total. The highest BCUT2D eigenvalue weighted by Crippen LogP contribution is 2.30. The van der Waals surface area contributed by atoms with Crippen LogP contribution in [0, 0.1) is 6.92 Å². The molecule has 7 heteroatoms. The number of aryl methyl sites for hydroxylation is 1. The molecule has 3 aromatic rings. The van der Waals surface area contributed by atoms with Gasteiger partial charge in [0.1, 0.15) is 17.1 Å². The first-order valence-electron chi connectivity index (χ1n) is 7.72. The van der Waals surface area contributed by atoms with Crippen LogP contribution in [0.1, 0.15) is 11.3 Å². The molecule has 25 heavy (non-hydrogen) atoms. The summed E-state index contributed by atoms with van der Waals surface area (Å²) in [5.74, 6) is 0.732. The van der Waals surface area contributed by atoms with Crippen LogP contribution in [0.4, 0.5) is 11.5 Å². The normalized spacial score (nSPS) is 11.2. The lowest BCUT2D eigenvalue weighted by Crippen LogP contribution is -2.04. The van der Waals surface area contributed by atoms with Crippen molar-refractivity contribution in [2.24, 2.45) is 10.2 Å². The summed E-state index contributed by atoms with van der Waals surface area (Å²) in [7, 11) is 2.92. The van der Waals surface area contributed by atoms with Crippen molar-refractivity contribution in [3.8, 4) is 5.75 Å². The first kappa shape index (κ1) is 16.6. The van der Waals surface area contributed by atoms with Crippen molar-refractivity contribution in [1.82, 2.24) is 9.38 Å². The van der Waals surface area contributed by atoms with Gasteiger partial charge in [0.2, 0.25) is 0 Å². The number of esters is 1. The van der Waals surface area contributed by atoms with Crippen LogP contribution in [-0.4, -0.2) is 29.6 Å². The predicted octanol–water partition coefficient (Wildman–Crippen LogP) is 3.78. The molecule has 0 aliphatic carbocycles. The fraction of sp³-hybridized carbons (Fsp3) is 0.222. The molecule has 1 aromatic carbocycles. The summed E-state index contributed by atoms with van der Waals surface area (Å²) in [5, 5.41) is 8.62. The number of benzene rings is 1. The maximum Gasteiger partial charge on any atom is 0.311 e. The molecule has 0 N–H and O–H groups in total. The van der Waals surface area contributed by atoms with Gasteiger partial charge in [-0.15, -0.1) is 10.2 Å². The number of aromatic nitrogens is 2. The molecule has 0 saturated heterocycles. The van der Waals surface area contributed by atoms with Crippen LogP contribution >= 0.6 is 0 Å². The van der Waals surface area contributed by atoms with E-state index in [1.54, 1.807) is 13.2 Å². The van der Waals surface area contributed by atoms with Crippen LogP contribution in [-0.2, 0) is 16.0 Å². The van der Waals surface area contributed by atoms with E-state index in [9.17, 15) is 4.79 Å². The number of carbonyl (C=O) groups is 1. The van der Waals surface area contributed by atoms with Gasteiger partial charge < -0.3 is 9.47 Å². The zero-order valence-corrected chi connectivity index (χ0v) is 14.3. The summed E-state index contributed by atoms with van der Waals surface area (Å²) in [6.07, 6.45) is 1.87. The third-order valence-electron chi connectivity index (χ3n) is 3.77. The zero-order chi connectivity index (χ0) is 17.8. The third kappa shape index (κ3) is 3.35. The minimum Gasteiger partial charge on any atom is -0.494 e. The molecule has 0 radical (unpaired) electrons. The summed E-state index contributed by atoms with van der Waals surface area (Å²) < 4.78 is 11.8. The molecular formula is C18H18N4O3. The lowest BCUT2D eigenvalue weighted by atomic mass is 10.3. The molecular weight excluding hydrogens is 320 g/mol. The van der Waals surface area contributed by atoms with Crippen molar-refractivity contribution < 1.29 is 14.3 Å². The molecule has 0 fully saturated rings. The number of fused-ring (bicyclic) bond motifs is 1. The van der Waals surface area contributed by atoms with E-state index in [0.717, 1.165) is 11.2 Å². The second kappa shape index (κ2) is 7.12. The Balaban J connectivity index is 2.10. The van der Waals surface area contributed by atoms with Crippen molar-refractivity contribution in [1.29, 1.82) is 0 Å². The molecule has 0 amide bonds. The van der Waals surface area contributed by atoms with Gasteiger partial charge in [-0.2, -0.15) is 0 Å². The van der Waals surface area contributed by atoms with Crippen LogP contribution in [0.15, 0.2) is 52.8 Å². The van der Waals surface area contributed by atoms with E-state index < -0.39 is 0 Å². The average molecular weight is 338 g/mol. The van der Waals surface area contributed by atoms with E-state index in [1.807, 2.05) is 47.9 Å². The van der Waals surface area contributed by atoms with Crippen molar-refractivity contribution in [2.45, 2.75) is 13.3 Å². The second-order valence-electron chi connectivity index (χ2n) is 5.39. The van der Waals surface area contributed by atoms with E-state index in [-0.39, 0.29) is 12.4 Å². The Kier molecular flexibility index (Phi) is 4.74. The monoisotopic (exact) mass is 338 g/mol. The molecule has 0 atom stereocenters. The van der Waals surface area contributed by atoms with Gasteiger partial charge in [0.15, 0.2) is 5.82 Å². The standard InChI is InChI=1S/C18H18N4O3/c1-12-7-6-10-22-17(12)19-14(11-16(23)25-3)18(22)21-20-13-8-4-5-9-15(13)24-2/h4-10H,11H2,1-3H3. The number of imidazole rings is 1. The van der Waals surface area contributed by atoms with Crippen LogP contribution in [0.25, 0.3) is 5.65 Å². The summed E-state index contributed by atoms with van der Waals surface area (Å²) in [4.78, 5) is 16.2. The number of methoxy groups -OCH3 is 2. The van der Waals surface area contributed by atoms with Gasteiger partial charge in [-0.05, 0) is 30.7 Å². The summed E-state index contributed by atoms with van der Waals surface area (Å²) in [6, 6.07) is 11.2. The number of ether oxygens (including phenoxy) is 2. The Bertz CT molecular complexity index is 947. The minimum absolute atomic E-state index is 0.0257. The molecule has 0 unspecified atom stereocenters. The Morgan fingerprint density at radius 1 is 1.16 bits per heavy atom. The summed E-state index contributed by atoms with van der Waals surface area (Å²) >= 11 is 0. The van der Waals surface area contributed by atoms with Crippen molar-refractivity contribution in [2.75, 3.05) is 14.2 Å². The smallest absolute Gasteiger partial charge is 0.311 e. The van der Waals surface area contributed by atoms with Crippen molar-refractivity contribution >= 4 is 23.1 Å². The lowest BCUT2D eigenvalue weighted by molar-refractivity contribution is -0.139. The van der Waals surface area contributed by atoms with Crippen molar-refractivity contribution in [3.63, 3.8) is 0 Å². The van der Waals surface area contributed by atoms with Gasteiger partial charge in [-0.3, -0.25) is 9.20 Å². The van der Waals surface area contributed by atoms with Gasteiger partial charge in [-0.25, -0.2) is 4.98 Å². The number of hydrogen-bond donors (Lipinski definition) is 0. The number of pyridine rings is 1. The Hall–Kier alpha value is -3.22. The molecule has 0 saturated carbocycles. The van der Waals surface area contributed by atoms with Crippen LogP contribution in [0.2, 0.25) is 0 Å². The van der Waals surface area contributed by atoms with Crippen LogP contribution in [0.3, 0.4) is 0 Å². The van der Waals surface area contributed by atoms with E-state index >= 15 is 0 Å². The maximum atomic E-state index is 11.7. The molecule has 0 aliphatic rings. The van der Waals surface area contributed by atoms with E-state index in [0.29, 0.717) is 22.9 Å². The molecule has 0 bridgehead atoms. The van der Waals surface area contributed by atoms with E-state index in [2.05, 4.69) is 15.2 Å². The fourth-order valence-electron chi connectivity index (χ4n) is 2.49. The van der Waals surface area contributed by atoms with Crippen LogP contribution in [0.5, 0.6) is 5.75 Å². The number of para-hydroxylation sites is 1. The van der Waals surface area contributed by atoms with Crippen molar-refractivity contribution in [3.05, 3.63) is 53.9 Å². The number of hydrogen-bond acceptors (Lipinski definition) is 6. The highest BCUT2D eigenvalue weighted by Gasteiger charge is 2.17. The van der Waals surface area contributed by atoms with Gasteiger partial charge in [0.25, 0.3) is 0 Å². The number of azo groups is 1. The van der Waals surface area contributed by atoms with Crippen LogP contribution < -0.4 is 4.74 Å². The Morgan fingerprint density at radius 2 is 1.96 bits per heavy atom. The Labute approximate surface area is 144 Å². The average Bonchev–Trinajstić information content (AvgIpc) is 2.98. The number of rotatable bonds is 5. The minimum atomic E-state index is -0.380. The number of carbonyl (C=O) groups excluding carboxylic acids is 1. The predicted molar refractivity (Wildman–Crippen MR) is 92.8 cm³/mol. The first-order chi connectivity index (χ1) is 12.1. The quantitative estimate of drug-likeness (QED) is 0.524. The lowest BCUT2D eigenvalue weighted by Gasteiger charge is -2.03. The maximum absolute atomic E-state index is 11.7. The first-order valence-corrected chi connectivity index (χ1v) is 7.72. The van der Waals surface area contributed by atoms with Gasteiger partial charge in [-0.1, -0.05) is 18.2 Å². The second-order valence-corrected chi connectivity index (χ2v) is 5.39. The number of nitrogens with zero attached hydrogens (tertiary/aromatic N) is 4. The molecule has 0 aliphatic heterocycles. The van der Waals surface area contributed by atoms with E-state index in [1.165, 1.54) is 7.11 Å². The zero-order valence-electron chi connectivity index (χ0n) is 14.3. The molecule has 2 heterocycles. The largest absolute Gasteiger partial charge is 0.494 e. The third-order valence-corrected chi connectivity index (χ3v) is 3.77. The fourth-order valence-corrected chi connectivity index (χ4v) is 2.49. The van der Waals surface area contributed by atoms with E-state index in [4.69, 9.17) is 9.47 Å². The van der Waals surface area contributed by atoms with Gasteiger partial charge in [0, 0.05) is 6.20 Å². The molecule has 2 aromatic heterocycles. The molecule has 0 spiro atoms. The highest BCUT2D eigenvalue weighted by molar-refractivity contribution is 5.74. The Morgan fingerprint density at radius 3 is 2.72 bits per heavy atom. The molecule has 128 valence electrons. The van der Waals surface area contributed by atoms with Gasteiger partial charge >= 0.3 is 5.97 Å². The molecule has 3 rings (SSSR count). The SMILES string of the molecule is COC(=O)Cc1nc2c(C)cccn2c1N=Nc1ccccc1OC. The van der Waals surface area contributed by atoms with Gasteiger partial charge in [0.05, 0.1) is 26.3 Å². The summed E-state index contributed by atoms with van der Waals surface area (Å²) in [5.41, 5.74) is 2.82. The summed E-state index contributed by atoms with van der Waals surface area (Å²) in [6.45, 7) is 1.95. The highest BCUT2D eigenvalue weighted by atomic mass is 16.5.